The van der Waals surface area contributed by atoms with Crippen LogP contribution in [0.2, 0.25) is 0 Å². The molecule has 0 radical (unpaired) electrons. The third-order valence-corrected chi connectivity index (χ3v) is 2.78. The van der Waals surface area contributed by atoms with Gasteiger partial charge in [-0.2, -0.15) is 0 Å². The molecular weight excluding hydrogens is 280 g/mol. The van der Waals surface area contributed by atoms with Gasteiger partial charge in [0.15, 0.2) is 6.54 Å². The maximum absolute atomic E-state index is 13.6. The van der Waals surface area contributed by atoms with Gasteiger partial charge in [-0.25, -0.2) is 13.6 Å². The van der Waals surface area contributed by atoms with Gasteiger partial charge in [0.25, 0.3) is 5.91 Å². The number of carbonyl (C=O) groups excluding carboxylic acids is 2. The zero-order chi connectivity index (χ0) is 16.0. The molecule has 1 atom stereocenters. The van der Waals surface area contributed by atoms with Gasteiger partial charge in [-0.1, -0.05) is 0 Å². The molecule has 0 aliphatic carbocycles. The first-order valence-corrected chi connectivity index (χ1v) is 6.68. The van der Waals surface area contributed by atoms with Crippen LogP contribution in [0.3, 0.4) is 0 Å². The standard InChI is InChI=1S/C14H19F2N3O2/c1-8(2)18-14(21)19-13(20)7-17-9(3)11-5-4-10(15)6-12(11)16/h4-6,8-9,17H,7H2,1-3H3,(H2,18,19,20,21)/p+1/t9-/m1/s1. The Morgan fingerprint density at radius 3 is 2.48 bits per heavy atom. The SMILES string of the molecule is CC(C)NC(=O)NC(=O)C[NH2+][C@H](C)c1ccc(F)cc1F. The fourth-order valence-corrected chi connectivity index (χ4v) is 1.76. The van der Waals surface area contributed by atoms with Crippen molar-refractivity contribution in [3.8, 4) is 0 Å². The number of nitrogens with one attached hydrogen (secondary N) is 2. The second-order valence-corrected chi connectivity index (χ2v) is 5.07. The summed E-state index contributed by atoms with van der Waals surface area (Å²) in [7, 11) is 0. The van der Waals surface area contributed by atoms with Crippen molar-refractivity contribution in [3.63, 3.8) is 0 Å². The molecule has 0 aromatic heterocycles. The van der Waals surface area contributed by atoms with Crippen LogP contribution in [0.1, 0.15) is 32.4 Å². The molecule has 0 unspecified atom stereocenters. The Morgan fingerprint density at radius 2 is 1.90 bits per heavy atom. The van der Waals surface area contributed by atoms with Crippen LogP contribution >= 0.6 is 0 Å². The number of nitrogens with two attached hydrogens (primary N) is 1. The quantitative estimate of drug-likeness (QED) is 0.753. The molecule has 0 bridgehead atoms. The largest absolute Gasteiger partial charge is 0.336 e. The van der Waals surface area contributed by atoms with Crippen molar-refractivity contribution >= 4 is 11.9 Å². The Labute approximate surface area is 122 Å². The molecule has 21 heavy (non-hydrogen) atoms. The lowest BCUT2D eigenvalue weighted by Gasteiger charge is -2.12. The Bertz CT molecular complexity index is 521. The van der Waals surface area contributed by atoms with Crippen LogP contribution in [0, 0.1) is 11.6 Å². The maximum Gasteiger partial charge on any atom is 0.321 e. The van der Waals surface area contributed by atoms with Gasteiger partial charge in [-0.3, -0.25) is 10.1 Å². The third kappa shape index (κ3) is 5.86. The summed E-state index contributed by atoms with van der Waals surface area (Å²) >= 11 is 0. The number of quaternary nitrogens is 1. The second-order valence-electron chi connectivity index (χ2n) is 5.07. The maximum atomic E-state index is 13.6. The van der Waals surface area contributed by atoms with E-state index in [0.29, 0.717) is 5.56 Å². The van der Waals surface area contributed by atoms with E-state index in [-0.39, 0.29) is 18.6 Å². The number of halogens is 2. The van der Waals surface area contributed by atoms with Crippen LogP contribution in [-0.4, -0.2) is 24.5 Å². The van der Waals surface area contributed by atoms with E-state index in [1.807, 2.05) is 0 Å². The lowest BCUT2D eigenvalue weighted by Crippen LogP contribution is -2.87. The average Bonchev–Trinajstić information content (AvgIpc) is 2.34. The second kappa shape index (κ2) is 7.68. The van der Waals surface area contributed by atoms with Crippen LogP contribution in [0.5, 0.6) is 0 Å². The molecule has 4 N–H and O–H groups in total. The highest BCUT2D eigenvalue weighted by Crippen LogP contribution is 2.14. The van der Waals surface area contributed by atoms with E-state index in [9.17, 15) is 18.4 Å². The van der Waals surface area contributed by atoms with E-state index in [1.54, 1.807) is 26.1 Å². The number of imide groups is 1. The highest BCUT2D eigenvalue weighted by Gasteiger charge is 2.17. The molecule has 0 spiro atoms. The average molecular weight is 300 g/mol. The summed E-state index contributed by atoms with van der Waals surface area (Å²) in [6.45, 7) is 5.20. The zero-order valence-corrected chi connectivity index (χ0v) is 12.2. The highest BCUT2D eigenvalue weighted by atomic mass is 19.1. The van der Waals surface area contributed by atoms with E-state index in [1.165, 1.54) is 12.1 Å². The number of hydrogen-bond acceptors (Lipinski definition) is 2. The Hall–Kier alpha value is -2.02. The van der Waals surface area contributed by atoms with Crippen LogP contribution in [0.15, 0.2) is 18.2 Å². The molecule has 7 heteroatoms. The molecule has 0 aliphatic rings. The van der Waals surface area contributed by atoms with Crippen LogP contribution in [-0.2, 0) is 4.79 Å². The van der Waals surface area contributed by atoms with E-state index in [4.69, 9.17) is 0 Å². The first-order chi connectivity index (χ1) is 9.79. The molecule has 1 rings (SSSR count). The first kappa shape index (κ1) is 17.0. The molecule has 3 amide bonds. The van der Waals surface area contributed by atoms with Crippen molar-refractivity contribution in [3.05, 3.63) is 35.4 Å². The van der Waals surface area contributed by atoms with Gasteiger partial charge in [0.1, 0.15) is 17.7 Å². The molecule has 0 saturated heterocycles. The van der Waals surface area contributed by atoms with Gasteiger partial charge in [-0.15, -0.1) is 0 Å². The summed E-state index contributed by atoms with van der Waals surface area (Å²) in [5.41, 5.74) is 0.302. The summed E-state index contributed by atoms with van der Waals surface area (Å²) in [4.78, 5) is 22.9. The topological polar surface area (TPSA) is 74.8 Å². The molecule has 0 heterocycles. The third-order valence-electron chi connectivity index (χ3n) is 2.78. The summed E-state index contributed by atoms with van der Waals surface area (Å²) in [6.07, 6.45) is 0. The van der Waals surface area contributed by atoms with Crippen molar-refractivity contribution in [1.82, 2.24) is 10.6 Å². The molecule has 0 saturated carbocycles. The van der Waals surface area contributed by atoms with Crippen molar-refractivity contribution < 1.29 is 23.7 Å². The lowest BCUT2D eigenvalue weighted by atomic mass is 10.1. The molecular formula is C14H20F2N3O2+. The van der Waals surface area contributed by atoms with Gasteiger partial charge in [0.2, 0.25) is 0 Å². The van der Waals surface area contributed by atoms with Crippen LogP contribution < -0.4 is 16.0 Å². The minimum atomic E-state index is -0.656. The Kier molecular flexibility index (Phi) is 6.23. The normalized spacial score (nSPS) is 12.1. The number of hydrogen-bond donors (Lipinski definition) is 3. The Morgan fingerprint density at radius 1 is 1.24 bits per heavy atom. The number of benzene rings is 1. The van der Waals surface area contributed by atoms with Crippen molar-refractivity contribution in [2.24, 2.45) is 0 Å². The van der Waals surface area contributed by atoms with Crippen LogP contribution in [0.25, 0.3) is 0 Å². The van der Waals surface area contributed by atoms with Crippen LogP contribution in [0.4, 0.5) is 13.6 Å². The van der Waals surface area contributed by atoms with E-state index in [0.717, 1.165) is 6.07 Å². The monoisotopic (exact) mass is 300 g/mol. The van der Waals surface area contributed by atoms with Crippen molar-refractivity contribution in [2.45, 2.75) is 32.9 Å². The lowest BCUT2D eigenvalue weighted by molar-refractivity contribution is -0.682. The van der Waals surface area contributed by atoms with Gasteiger partial charge >= 0.3 is 6.03 Å². The number of amides is 3. The fourth-order valence-electron chi connectivity index (χ4n) is 1.76. The molecule has 0 aliphatic heterocycles. The predicted molar refractivity (Wildman–Crippen MR) is 73.4 cm³/mol. The van der Waals surface area contributed by atoms with Gasteiger partial charge in [0.05, 0.1) is 0 Å². The summed E-state index contributed by atoms with van der Waals surface area (Å²) in [5.74, 6) is -1.79. The number of urea groups is 1. The summed E-state index contributed by atoms with van der Waals surface area (Å²) < 4.78 is 26.4. The van der Waals surface area contributed by atoms with E-state index in [2.05, 4.69) is 10.6 Å². The smallest absolute Gasteiger partial charge is 0.321 e. The summed E-state index contributed by atoms with van der Waals surface area (Å²) in [6, 6.07) is 2.30. The fraction of sp³-hybridized carbons (Fsp3) is 0.429. The summed E-state index contributed by atoms with van der Waals surface area (Å²) in [5, 5.41) is 6.25. The number of rotatable bonds is 5. The van der Waals surface area contributed by atoms with E-state index >= 15 is 0 Å². The first-order valence-electron chi connectivity index (χ1n) is 6.68. The Balaban J connectivity index is 2.47. The number of carbonyl (C=O) groups is 2. The zero-order valence-electron chi connectivity index (χ0n) is 12.2. The van der Waals surface area contributed by atoms with Crippen molar-refractivity contribution in [2.75, 3.05) is 6.54 Å². The van der Waals surface area contributed by atoms with Crippen molar-refractivity contribution in [1.29, 1.82) is 0 Å². The molecule has 5 nitrogen and oxygen atoms in total. The molecule has 1 aromatic carbocycles. The minimum Gasteiger partial charge on any atom is -0.336 e. The van der Waals surface area contributed by atoms with E-state index < -0.39 is 23.6 Å². The van der Waals surface area contributed by atoms with Gasteiger partial charge < -0.3 is 10.6 Å². The van der Waals surface area contributed by atoms with Gasteiger partial charge in [-0.05, 0) is 32.9 Å². The molecule has 0 fully saturated rings. The minimum absolute atomic E-state index is 0.0382. The predicted octanol–water partition coefficient (Wildman–Crippen LogP) is 0.823. The highest BCUT2D eigenvalue weighted by molar-refractivity contribution is 5.94. The molecule has 116 valence electrons. The van der Waals surface area contributed by atoms with Gasteiger partial charge in [0, 0.05) is 17.7 Å². The molecule has 1 aromatic rings.